The van der Waals surface area contributed by atoms with Crippen molar-refractivity contribution in [3.63, 3.8) is 0 Å². The van der Waals surface area contributed by atoms with Crippen molar-refractivity contribution < 1.29 is 18.7 Å². The molecule has 1 saturated heterocycles. The molecule has 2 N–H and O–H groups in total. The van der Waals surface area contributed by atoms with Crippen LogP contribution < -0.4 is 20.4 Å². The maximum absolute atomic E-state index is 14.4. The van der Waals surface area contributed by atoms with Gasteiger partial charge in [0.05, 0.1) is 23.0 Å². The van der Waals surface area contributed by atoms with Gasteiger partial charge in [-0.3, -0.25) is 14.9 Å². The van der Waals surface area contributed by atoms with E-state index in [4.69, 9.17) is 9.72 Å². The summed E-state index contributed by atoms with van der Waals surface area (Å²) in [5, 5.41) is 6.14. The Kier molecular flexibility index (Phi) is 8.25. The van der Waals surface area contributed by atoms with Crippen LogP contribution in [0.15, 0.2) is 66.7 Å². The number of benzene rings is 2. The number of nitrogens with zero attached hydrogens (tertiary/aromatic N) is 3. The number of methoxy groups -OCH3 is 1. The Bertz CT molecular complexity index is 1650. The molecule has 10 heteroatoms. The number of fused-ring (bicyclic) bond motifs is 3. The van der Waals surface area contributed by atoms with Crippen molar-refractivity contribution in [1.29, 1.82) is 0 Å². The molecule has 222 valence electrons. The minimum atomic E-state index is -0.467. The summed E-state index contributed by atoms with van der Waals surface area (Å²) in [4.78, 5) is 37.4. The molecule has 4 aromatic rings. The van der Waals surface area contributed by atoms with Crippen molar-refractivity contribution in [2.24, 2.45) is 0 Å². The van der Waals surface area contributed by atoms with E-state index in [9.17, 15) is 14.0 Å². The first-order valence-electron chi connectivity index (χ1n) is 14.4. The summed E-state index contributed by atoms with van der Waals surface area (Å²) in [6.45, 7) is 5.64. The second-order valence-corrected chi connectivity index (χ2v) is 12.1. The number of rotatable bonds is 7. The molecular formula is C33H34FN5O3S. The topological polar surface area (TPSA) is 86.8 Å². The number of ether oxygens (including phenoxy) is 1. The Hall–Kier alpha value is -4.12. The maximum Gasteiger partial charge on any atom is 0.276 e. The summed E-state index contributed by atoms with van der Waals surface area (Å²) < 4.78 is 19.6. The Morgan fingerprint density at radius 2 is 1.93 bits per heavy atom. The summed E-state index contributed by atoms with van der Waals surface area (Å²) in [6, 6.07) is 20.5. The Balaban J connectivity index is 1.25. The van der Waals surface area contributed by atoms with E-state index >= 15 is 0 Å². The van der Waals surface area contributed by atoms with Crippen molar-refractivity contribution in [3.8, 4) is 10.4 Å². The van der Waals surface area contributed by atoms with E-state index < -0.39 is 5.82 Å². The van der Waals surface area contributed by atoms with Crippen LogP contribution in [0.25, 0.3) is 10.4 Å². The van der Waals surface area contributed by atoms with Crippen LogP contribution in [0.3, 0.4) is 0 Å². The molecule has 1 fully saturated rings. The molecule has 2 aliphatic rings. The molecule has 2 aliphatic heterocycles. The fourth-order valence-electron chi connectivity index (χ4n) is 5.92. The van der Waals surface area contributed by atoms with Gasteiger partial charge in [-0.25, -0.2) is 9.37 Å². The molecule has 8 nitrogen and oxygen atoms in total. The zero-order valence-electron chi connectivity index (χ0n) is 24.4. The number of hydrogen-bond donors (Lipinski definition) is 2. The second-order valence-electron chi connectivity index (χ2n) is 11.0. The van der Waals surface area contributed by atoms with Crippen LogP contribution in [-0.4, -0.2) is 55.8 Å². The van der Waals surface area contributed by atoms with Gasteiger partial charge < -0.3 is 19.9 Å². The second kappa shape index (κ2) is 12.2. The number of thiophene rings is 1. The molecule has 2 aromatic carbocycles. The number of carbonyl (C=O) groups excluding carboxylic acids is 2. The van der Waals surface area contributed by atoms with Crippen LogP contribution in [0, 0.1) is 12.7 Å². The van der Waals surface area contributed by atoms with Crippen LogP contribution in [0.2, 0.25) is 0 Å². The number of hydrogen-bond acceptors (Lipinski definition) is 7. The SMILES string of the molecule is COCN[C@H]1C[C@H](C)N(c2cccc(C(=O)N3CCc4cc(C(=O)Nc5c(C)cccc5F)sc4-c4ccccc43)n2)C1. The average molecular weight is 600 g/mol. The molecule has 0 saturated carbocycles. The van der Waals surface area contributed by atoms with Crippen LogP contribution in [0.4, 0.5) is 21.6 Å². The monoisotopic (exact) mass is 599 g/mol. The van der Waals surface area contributed by atoms with Crippen molar-refractivity contribution in [2.75, 3.05) is 42.0 Å². The molecule has 0 spiro atoms. The summed E-state index contributed by atoms with van der Waals surface area (Å²) in [7, 11) is 1.67. The predicted octanol–water partition coefficient (Wildman–Crippen LogP) is 5.87. The van der Waals surface area contributed by atoms with Gasteiger partial charge in [0.15, 0.2) is 0 Å². The highest BCUT2D eigenvalue weighted by atomic mass is 32.1. The molecule has 0 bridgehead atoms. The lowest BCUT2D eigenvalue weighted by Crippen LogP contribution is -2.35. The predicted molar refractivity (Wildman–Crippen MR) is 169 cm³/mol. The van der Waals surface area contributed by atoms with Gasteiger partial charge in [-0.2, -0.15) is 0 Å². The van der Waals surface area contributed by atoms with Crippen molar-refractivity contribution >= 4 is 40.3 Å². The molecular weight excluding hydrogens is 565 g/mol. The summed E-state index contributed by atoms with van der Waals surface area (Å²) in [6.07, 6.45) is 1.53. The number of aryl methyl sites for hydroxylation is 1. The highest BCUT2D eigenvalue weighted by Gasteiger charge is 2.32. The number of anilines is 3. The molecule has 0 unspecified atom stereocenters. The van der Waals surface area contributed by atoms with Crippen molar-refractivity contribution in [2.45, 2.75) is 38.8 Å². The molecule has 6 rings (SSSR count). The summed E-state index contributed by atoms with van der Waals surface area (Å²) in [5.41, 5.74) is 3.86. The highest BCUT2D eigenvalue weighted by molar-refractivity contribution is 7.17. The summed E-state index contributed by atoms with van der Waals surface area (Å²) in [5.74, 6) is -0.208. The highest BCUT2D eigenvalue weighted by Crippen LogP contribution is 2.42. The van der Waals surface area contributed by atoms with Crippen molar-refractivity contribution in [3.05, 3.63) is 94.2 Å². The average Bonchev–Trinajstić information content (AvgIpc) is 3.57. The lowest BCUT2D eigenvalue weighted by molar-refractivity contribution is 0.0981. The lowest BCUT2D eigenvalue weighted by atomic mass is 10.1. The van der Waals surface area contributed by atoms with Gasteiger partial charge in [-0.15, -0.1) is 11.3 Å². The smallest absolute Gasteiger partial charge is 0.276 e. The quantitative estimate of drug-likeness (QED) is 0.258. The van der Waals surface area contributed by atoms with E-state index in [2.05, 4.69) is 22.5 Å². The number of carbonyl (C=O) groups is 2. The van der Waals surface area contributed by atoms with Gasteiger partial charge in [0.2, 0.25) is 0 Å². The Morgan fingerprint density at radius 3 is 2.74 bits per heavy atom. The third-order valence-corrected chi connectivity index (χ3v) is 9.33. The van der Waals surface area contributed by atoms with Gasteiger partial charge in [0, 0.05) is 42.7 Å². The van der Waals surface area contributed by atoms with Crippen LogP contribution in [0.1, 0.15) is 44.6 Å². The lowest BCUT2D eigenvalue weighted by Gasteiger charge is -2.25. The van der Waals surface area contributed by atoms with Crippen LogP contribution in [0.5, 0.6) is 0 Å². The molecule has 2 amide bonds. The maximum atomic E-state index is 14.4. The van der Waals surface area contributed by atoms with Crippen LogP contribution in [-0.2, 0) is 11.2 Å². The first-order valence-corrected chi connectivity index (χ1v) is 15.2. The molecule has 4 heterocycles. The first kappa shape index (κ1) is 29.0. The van der Waals surface area contributed by atoms with E-state index in [1.165, 1.54) is 17.4 Å². The summed E-state index contributed by atoms with van der Waals surface area (Å²) >= 11 is 1.36. The van der Waals surface area contributed by atoms with Gasteiger partial charge in [0.1, 0.15) is 17.3 Å². The third-order valence-electron chi connectivity index (χ3n) is 8.12. The number of pyridine rings is 1. The van der Waals surface area contributed by atoms with Gasteiger partial charge in [-0.05, 0) is 68.1 Å². The van der Waals surface area contributed by atoms with E-state index in [0.717, 1.165) is 40.5 Å². The number of amides is 2. The Labute approximate surface area is 254 Å². The largest absolute Gasteiger partial charge is 0.370 e. The van der Waals surface area contributed by atoms with E-state index in [1.807, 2.05) is 42.5 Å². The minimum absolute atomic E-state index is 0.168. The zero-order valence-corrected chi connectivity index (χ0v) is 25.2. The first-order chi connectivity index (χ1) is 20.8. The van der Waals surface area contributed by atoms with Gasteiger partial charge in [-0.1, -0.05) is 36.4 Å². The standard InChI is InChI=1S/C33H34FN5O3S/c1-20-8-6-10-25(34)30(20)37-32(40)28-17-22-14-15-38(27-12-5-4-9-24(27)31(22)43-28)33(41)26-11-7-13-29(36-26)39-18-23(16-21(39)2)35-19-42-3/h4-13,17,21,23,35H,14-16,18-19H2,1-3H3,(H,37,40)/t21-,23-/m0/s1. The van der Waals surface area contributed by atoms with Gasteiger partial charge in [0.25, 0.3) is 11.8 Å². The van der Waals surface area contributed by atoms with Crippen molar-refractivity contribution in [1.82, 2.24) is 10.3 Å². The van der Waals surface area contributed by atoms with E-state index in [1.54, 1.807) is 37.1 Å². The fourth-order valence-corrected chi connectivity index (χ4v) is 7.06. The number of aromatic nitrogens is 1. The van der Waals surface area contributed by atoms with E-state index in [-0.39, 0.29) is 29.6 Å². The Morgan fingerprint density at radius 1 is 1.12 bits per heavy atom. The molecule has 0 aliphatic carbocycles. The molecule has 2 aromatic heterocycles. The number of halogens is 1. The third kappa shape index (κ3) is 5.78. The van der Waals surface area contributed by atoms with Crippen LogP contribution >= 0.6 is 11.3 Å². The zero-order chi connectivity index (χ0) is 30.1. The van der Waals surface area contributed by atoms with Gasteiger partial charge >= 0.3 is 0 Å². The number of nitrogens with one attached hydrogen (secondary N) is 2. The fraction of sp³-hybridized carbons (Fsp3) is 0.303. The minimum Gasteiger partial charge on any atom is -0.370 e. The number of para-hydroxylation sites is 2. The normalized spacial score (nSPS) is 17.8. The molecule has 2 atom stereocenters. The molecule has 43 heavy (non-hydrogen) atoms. The van der Waals surface area contributed by atoms with E-state index in [0.29, 0.717) is 35.8 Å². The molecule has 0 radical (unpaired) electrons.